The number of nitrogens with zero attached hydrogens (tertiary/aromatic N) is 1. The van der Waals surface area contributed by atoms with Crippen molar-refractivity contribution in [1.82, 2.24) is 4.90 Å². The summed E-state index contributed by atoms with van der Waals surface area (Å²) in [6.07, 6.45) is 6.85. The molecule has 4 aliphatic heterocycles. The lowest BCUT2D eigenvalue weighted by atomic mass is 9.79. The van der Waals surface area contributed by atoms with Gasteiger partial charge in [0.2, 0.25) is 0 Å². The van der Waals surface area contributed by atoms with Gasteiger partial charge in [-0.1, -0.05) is 30.3 Å². The number of hydrogen-bond donors (Lipinski definition) is 0. The molecule has 0 spiro atoms. The minimum atomic E-state index is 0.308. The van der Waals surface area contributed by atoms with E-state index in [0.29, 0.717) is 23.8 Å². The SMILES string of the molecule is O=C1/C(=C\c2ccccc2)N2C3CCC2CC1C3. The average molecular weight is 239 g/mol. The molecule has 0 N–H and O–H groups in total. The fourth-order valence-electron chi connectivity index (χ4n) is 3.97. The Kier molecular flexibility index (Phi) is 2.14. The molecule has 4 fully saturated rings. The third-order valence-corrected chi connectivity index (χ3v) is 4.74. The van der Waals surface area contributed by atoms with Crippen molar-refractivity contribution in [3.8, 4) is 0 Å². The molecule has 4 heterocycles. The van der Waals surface area contributed by atoms with Crippen LogP contribution >= 0.6 is 0 Å². The van der Waals surface area contributed by atoms with Crippen LogP contribution in [0.5, 0.6) is 0 Å². The Morgan fingerprint density at radius 2 is 1.72 bits per heavy atom. The van der Waals surface area contributed by atoms with Gasteiger partial charge in [0.25, 0.3) is 0 Å². The molecular weight excluding hydrogens is 222 g/mol. The molecule has 4 saturated heterocycles. The number of carbonyl (C=O) groups is 1. The van der Waals surface area contributed by atoms with Gasteiger partial charge < -0.3 is 4.90 Å². The van der Waals surface area contributed by atoms with E-state index in [-0.39, 0.29) is 0 Å². The molecule has 5 rings (SSSR count). The second kappa shape index (κ2) is 3.71. The third-order valence-electron chi connectivity index (χ3n) is 4.74. The molecule has 0 radical (unpaired) electrons. The van der Waals surface area contributed by atoms with Crippen molar-refractivity contribution in [3.05, 3.63) is 41.6 Å². The predicted octanol–water partition coefficient (Wildman–Crippen LogP) is 2.85. The molecule has 0 saturated carbocycles. The maximum atomic E-state index is 12.4. The summed E-state index contributed by atoms with van der Waals surface area (Å²) in [5, 5.41) is 0. The summed E-state index contributed by atoms with van der Waals surface area (Å²) in [6, 6.07) is 11.5. The van der Waals surface area contributed by atoms with Gasteiger partial charge in [0.1, 0.15) is 0 Å². The van der Waals surface area contributed by atoms with Crippen LogP contribution in [0.3, 0.4) is 0 Å². The fourth-order valence-corrected chi connectivity index (χ4v) is 3.97. The Labute approximate surface area is 107 Å². The van der Waals surface area contributed by atoms with Crippen molar-refractivity contribution in [2.45, 2.75) is 37.8 Å². The molecule has 4 aliphatic rings. The molecule has 4 bridgehead atoms. The van der Waals surface area contributed by atoms with Gasteiger partial charge in [-0.15, -0.1) is 0 Å². The summed E-state index contributed by atoms with van der Waals surface area (Å²) in [6.45, 7) is 0. The van der Waals surface area contributed by atoms with Gasteiger partial charge in [0, 0.05) is 18.0 Å². The number of Topliss-reactive ketones (excluding diaryl/α,β-unsaturated/α-hetero) is 1. The number of carbonyl (C=O) groups excluding carboxylic acids is 1. The van der Waals surface area contributed by atoms with Crippen LogP contribution < -0.4 is 0 Å². The Morgan fingerprint density at radius 3 is 2.39 bits per heavy atom. The third kappa shape index (κ3) is 1.38. The van der Waals surface area contributed by atoms with Crippen molar-refractivity contribution in [1.29, 1.82) is 0 Å². The van der Waals surface area contributed by atoms with Gasteiger partial charge in [-0.2, -0.15) is 0 Å². The molecule has 2 nitrogen and oxygen atoms in total. The van der Waals surface area contributed by atoms with Crippen LogP contribution in [0.4, 0.5) is 0 Å². The average Bonchev–Trinajstić information content (AvgIpc) is 2.69. The topological polar surface area (TPSA) is 20.3 Å². The van der Waals surface area contributed by atoms with Crippen molar-refractivity contribution in [3.63, 3.8) is 0 Å². The van der Waals surface area contributed by atoms with E-state index in [1.807, 2.05) is 18.2 Å². The molecular formula is C16H17NO. The number of fused-ring (bicyclic) bond motifs is 1. The van der Waals surface area contributed by atoms with E-state index in [4.69, 9.17) is 0 Å². The molecule has 2 atom stereocenters. The first-order valence-electron chi connectivity index (χ1n) is 6.92. The normalized spacial score (nSPS) is 35.6. The van der Waals surface area contributed by atoms with Gasteiger partial charge in [-0.3, -0.25) is 4.79 Å². The second-order valence-electron chi connectivity index (χ2n) is 5.77. The molecule has 92 valence electrons. The van der Waals surface area contributed by atoms with Crippen LogP contribution in [-0.4, -0.2) is 22.8 Å². The van der Waals surface area contributed by atoms with Crippen molar-refractivity contribution in [2.24, 2.45) is 5.92 Å². The molecule has 2 heteroatoms. The number of hydrogen-bond acceptors (Lipinski definition) is 2. The van der Waals surface area contributed by atoms with Gasteiger partial charge in [-0.05, 0) is 37.3 Å². The zero-order valence-electron chi connectivity index (χ0n) is 10.4. The lowest BCUT2D eigenvalue weighted by Crippen LogP contribution is -2.52. The summed E-state index contributed by atoms with van der Waals surface area (Å²) < 4.78 is 0. The molecule has 0 aliphatic carbocycles. The highest BCUT2D eigenvalue weighted by atomic mass is 16.1. The molecule has 18 heavy (non-hydrogen) atoms. The van der Waals surface area contributed by atoms with E-state index in [1.54, 1.807) is 0 Å². The number of benzene rings is 1. The lowest BCUT2D eigenvalue weighted by Gasteiger charge is -2.47. The molecule has 0 amide bonds. The van der Waals surface area contributed by atoms with Crippen molar-refractivity contribution < 1.29 is 4.79 Å². The van der Waals surface area contributed by atoms with E-state index < -0.39 is 0 Å². The van der Waals surface area contributed by atoms with E-state index in [1.165, 1.54) is 12.8 Å². The smallest absolute Gasteiger partial charge is 0.182 e. The van der Waals surface area contributed by atoms with Crippen LogP contribution in [0, 0.1) is 5.92 Å². The molecule has 0 aromatic heterocycles. The minimum absolute atomic E-state index is 0.308. The van der Waals surface area contributed by atoms with Gasteiger partial charge in [-0.25, -0.2) is 0 Å². The van der Waals surface area contributed by atoms with Gasteiger partial charge in [0.15, 0.2) is 5.78 Å². The van der Waals surface area contributed by atoms with Crippen molar-refractivity contribution in [2.75, 3.05) is 0 Å². The maximum Gasteiger partial charge on any atom is 0.182 e. The van der Waals surface area contributed by atoms with Gasteiger partial charge in [0.05, 0.1) is 5.70 Å². The molecule has 1 aromatic carbocycles. The first-order chi connectivity index (χ1) is 8.83. The largest absolute Gasteiger partial charge is 0.363 e. The highest BCUT2D eigenvalue weighted by Crippen LogP contribution is 2.47. The Hall–Kier alpha value is -1.57. The highest BCUT2D eigenvalue weighted by Gasteiger charge is 2.50. The van der Waals surface area contributed by atoms with E-state index >= 15 is 0 Å². The van der Waals surface area contributed by atoms with Crippen LogP contribution in [0.1, 0.15) is 31.2 Å². The highest BCUT2D eigenvalue weighted by molar-refractivity contribution is 6.02. The fraction of sp³-hybridized carbons (Fsp3) is 0.438. The summed E-state index contributed by atoms with van der Waals surface area (Å²) in [4.78, 5) is 14.8. The minimum Gasteiger partial charge on any atom is -0.363 e. The number of ketones is 1. The summed E-state index contributed by atoms with van der Waals surface area (Å²) in [5.74, 6) is 0.690. The number of allylic oxidation sites excluding steroid dienone is 1. The van der Waals surface area contributed by atoms with Crippen LogP contribution in [0.2, 0.25) is 0 Å². The van der Waals surface area contributed by atoms with Gasteiger partial charge >= 0.3 is 0 Å². The van der Waals surface area contributed by atoms with E-state index in [0.717, 1.165) is 24.1 Å². The quantitative estimate of drug-likeness (QED) is 0.702. The standard InChI is InChI=1S/C16H17NO/c18-16-12-9-13-6-7-14(10-12)17(13)15(16)8-11-4-2-1-3-5-11/h1-5,8,12-14H,6-7,9-10H2/b15-8+. The summed E-state index contributed by atoms with van der Waals surface area (Å²) in [5.41, 5.74) is 2.13. The Bertz CT molecular complexity index is 505. The second-order valence-corrected chi connectivity index (χ2v) is 5.77. The maximum absolute atomic E-state index is 12.4. The molecule has 1 aromatic rings. The predicted molar refractivity (Wildman–Crippen MR) is 70.8 cm³/mol. The molecule has 2 unspecified atom stereocenters. The Morgan fingerprint density at radius 1 is 1.06 bits per heavy atom. The van der Waals surface area contributed by atoms with Crippen LogP contribution in [0.15, 0.2) is 36.0 Å². The van der Waals surface area contributed by atoms with Crippen molar-refractivity contribution >= 4 is 11.9 Å². The summed E-state index contributed by atoms with van der Waals surface area (Å²) in [7, 11) is 0. The van der Waals surface area contributed by atoms with Crippen LogP contribution in [-0.2, 0) is 4.79 Å². The monoisotopic (exact) mass is 239 g/mol. The van der Waals surface area contributed by atoms with E-state index in [2.05, 4.69) is 23.1 Å². The first kappa shape index (κ1) is 10.4. The lowest BCUT2D eigenvalue weighted by molar-refractivity contribution is -0.128. The van der Waals surface area contributed by atoms with Crippen LogP contribution in [0.25, 0.3) is 6.08 Å². The zero-order chi connectivity index (χ0) is 12.1. The Balaban J connectivity index is 1.76. The zero-order valence-corrected chi connectivity index (χ0v) is 10.4. The number of rotatable bonds is 1. The first-order valence-corrected chi connectivity index (χ1v) is 6.92. The summed E-state index contributed by atoms with van der Waals surface area (Å²) >= 11 is 0. The number of piperidine rings is 3. The van der Waals surface area contributed by atoms with E-state index in [9.17, 15) is 4.79 Å².